The van der Waals surface area contributed by atoms with E-state index in [1.807, 2.05) is 6.07 Å². The van der Waals surface area contributed by atoms with Crippen molar-refractivity contribution in [2.45, 2.75) is 45.3 Å². The van der Waals surface area contributed by atoms with Gasteiger partial charge in [0.1, 0.15) is 5.82 Å². The summed E-state index contributed by atoms with van der Waals surface area (Å²) in [6.07, 6.45) is 3.25. The quantitative estimate of drug-likeness (QED) is 0.804. The third-order valence-electron chi connectivity index (χ3n) is 4.96. The van der Waals surface area contributed by atoms with Gasteiger partial charge in [-0.1, -0.05) is 19.1 Å². The molecule has 1 aromatic carbocycles. The number of aryl methyl sites for hydroxylation is 1. The first-order valence-corrected chi connectivity index (χ1v) is 9.31. The Labute approximate surface area is 149 Å². The maximum Gasteiger partial charge on any atom is 0.233 e. The number of rotatable bonds is 7. The van der Waals surface area contributed by atoms with Crippen LogP contribution in [0.2, 0.25) is 0 Å². The highest BCUT2D eigenvalue weighted by Gasteiger charge is 2.21. The van der Waals surface area contributed by atoms with E-state index in [-0.39, 0.29) is 5.91 Å². The monoisotopic (exact) mass is 343 g/mol. The highest BCUT2D eigenvalue weighted by molar-refractivity contribution is 5.77. The van der Waals surface area contributed by atoms with Crippen molar-refractivity contribution in [1.29, 1.82) is 0 Å². The summed E-state index contributed by atoms with van der Waals surface area (Å²) in [6, 6.07) is 8.86. The summed E-state index contributed by atoms with van der Waals surface area (Å²) in [4.78, 5) is 18.5. The number of likely N-dealkylation sites (tertiary alicyclic amines) is 1. The lowest BCUT2D eigenvalue weighted by Gasteiger charge is -2.31. The van der Waals surface area contributed by atoms with Gasteiger partial charge in [0.05, 0.1) is 24.1 Å². The molecule has 2 aromatic rings. The second kappa shape index (κ2) is 8.45. The van der Waals surface area contributed by atoms with Gasteiger partial charge >= 0.3 is 0 Å². The first kappa shape index (κ1) is 17.9. The number of likely N-dealkylation sites (N-methyl/N-ethyl adjacent to an activating group) is 1. The summed E-state index contributed by atoms with van der Waals surface area (Å²) < 4.78 is 2.34. The lowest BCUT2D eigenvalue weighted by Crippen LogP contribution is -2.45. The Morgan fingerprint density at radius 1 is 1.28 bits per heavy atom. The SMILES string of the molecule is CCCn1c(CNC2CCN(CC(=O)NC)CC2)nc2ccccc21. The third-order valence-corrected chi connectivity index (χ3v) is 4.96. The largest absolute Gasteiger partial charge is 0.358 e. The van der Waals surface area contributed by atoms with Gasteiger partial charge in [-0.3, -0.25) is 9.69 Å². The van der Waals surface area contributed by atoms with Crippen LogP contribution >= 0.6 is 0 Å². The molecule has 0 saturated carbocycles. The molecule has 2 N–H and O–H groups in total. The van der Waals surface area contributed by atoms with Crippen LogP contribution in [-0.4, -0.2) is 53.1 Å². The van der Waals surface area contributed by atoms with Gasteiger partial charge in [-0.2, -0.15) is 0 Å². The number of piperidine rings is 1. The lowest BCUT2D eigenvalue weighted by atomic mass is 10.1. The van der Waals surface area contributed by atoms with Crippen LogP contribution in [0.5, 0.6) is 0 Å². The van der Waals surface area contributed by atoms with Crippen molar-refractivity contribution >= 4 is 16.9 Å². The van der Waals surface area contributed by atoms with Crippen molar-refractivity contribution in [3.8, 4) is 0 Å². The number of benzene rings is 1. The van der Waals surface area contributed by atoms with Crippen LogP contribution in [0.1, 0.15) is 32.0 Å². The minimum Gasteiger partial charge on any atom is -0.358 e. The second-order valence-corrected chi connectivity index (χ2v) is 6.77. The standard InChI is InChI=1S/C19H29N5O/c1-3-10-24-17-7-5-4-6-16(17)22-18(24)13-21-15-8-11-23(12-9-15)14-19(25)20-2/h4-7,15,21H,3,8-14H2,1-2H3,(H,20,25). The first-order valence-electron chi connectivity index (χ1n) is 9.31. The molecule has 136 valence electrons. The normalized spacial score (nSPS) is 16.4. The van der Waals surface area contributed by atoms with E-state index in [1.165, 1.54) is 5.52 Å². The molecule has 0 bridgehead atoms. The number of nitrogens with one attached hydrogen (secondary N) is 2. The zero-order valence-corrected chi connectivity index (χ0v) is 15.3. The van der Waals surface area contributed by atoms with Crippen LogP contribution in [0, 0.1) is 0 Å². The van der Waals surface area contributed by atoms with Gasteiger partial charge < -0.3 is 15.2 Å². The molecule has 1 amide bonds. The molecule has 1 aromatic heterocycles. The number of carbonyl (C=O) groups is 1. The number of nitrogens with zero attached hydrogens (tertiary/aromatic N) is 3. The molecule has 0 radical (unpaired) electrons. The zero-order valence-electron chi connectivity index (χ0n) is 15.3. The molecule has 1 fully saturated rings. The van der Waals surface area contributed by atoms with E-state index in [0.717, 1.165) is 56.8 Å². The zero-order chi connectivity index (χ0) is 17.6. The van der Waals surface area contributed by atoms with Crippen molar-refractivity contribution in [2.75, 3.05) is 26.7 Å². The van der Waals surface area contributed by atoms with Crippen molar-refractivity contribution in [2.24, 2.45) is 0 Å². The van der Waals surface area contributed by atoms with Gasteiger partial charge in [0.15, 0.2) is 0 Å². The van der Waals surface area contributed by atoms with E-state index in [2.05, 4.69) is 45.2 Å². The Morgan fingerprint density at radius 2 is 2.04 bits per heavy atom. The molecule has 0 atom stereocenters. The molecule has 0 unspecified atom stereocenters. The first-order chi connectivity index (χ1) is 12.2. The number of fused-ring (bicyclic) bond motifs is 1. The summed E-state index contributed by atoms with van der Waals surface area (Å²) in [5.74, 6) is 1.22. The molecule has 0 spiro atoms. The summed E-state index contributed by atoms with van der Waals surface area (Å²) >= 11 is 0. The summed E-state index contributed by atoms with van der Waals surface area (Å²) in [6.45, 7) is 6.45. The second-order valence-electron chi connectivity index (χ2n) is 6.77. The van der Waals surface area contributed by atoms with Gasteiger partial charge in [-0.25, -0.2) is 4.98 Å². The minimum absolute atomic E-state index is 0.0969. The van der Waals surface area contributed by atoms with Crippen molar-refractivity contribution in [1.82, 2.24) is 25.1 Å². The minimum atomic E-state index is 0.0969. The number of hydrogen-bond acceptors (Lipinski definition) is 4. The van der Waals surface area contributed by atoms with Crippen LogP contribution in [0.3, 0.4) is 0 Å². The molecule has 3 rings (SSSR count). The number of imidazole rings is 1. The number of aromatic nitrogens is 2. The number of para-hydroxylation sites is 2. The van der Waals surface area contributed by atoms with E-state index in [0.29, 0.717) is 12.6 Å². The van der Waals surface area contributed by atoms with Crippen molar-refractivity contribution in [3.05, 3.63) is 30.1 Å². The molecule has 6 nitrogen and oxygen atoms in total. The van der Waals surface area contributed by atoms with Gasteiger partial charge in [0.2, 0.25) is 5.91 Å². The van der Waals surface area contributed by atoms with Gasteiger partial charge in [0, 0.05) is 32.7 Å². The Hall–Kier alpha value is -1.92. The fraction of sp³-hybridized carbons (Fsp3) is 0.579. The molecule has 1 aliphatic heterocycles. The molecule has 0 aliphatic carbocycles. The predicted molar refractivity (Wildman–Crippen MR) is 100 cm³/mol. The maximum absolute atomic E-state index is 11.5. The highest BCUT2D eigenvalue weighted by Crippen LogP contribution is 2.17. The molecule has 2 heterocycles. The van der Waals surface area contributed by atoms with E-state index in [4.69, 9.17) is 4.98 Å². The topological polar surface area (TPSA) is 62.2 Å². The molecular formula is C19H29N5O. The number of carbonyl (C=O) groups excluding carboxylic acids is 1. The molecule has 1 aliphatic rings. The average molecular weight is 343 g/mol. The number of hydrogen-bond donors (Lipinski definition) is 2. The van der Waals surface area contributed by atoms with Gasteiger partial charge in [-0.15, -0.1) is 0 Å². The Morgan fingerprint density at radius 3 is 2.76 bits per heavy atom. The summed E-state index contributed by atoms with van der Waals surface area (Å²) in [5, 5.41) is 6.37. The van der Waals surface area contributed by atoms with Crippen LogP contribution in [-0.2, 0) is 17.9 Å². The Bertz CT molecular complexity index is 703. The fourth-order valence-electron chi connectivity index (χ4n) is 3.55. The van der Waals surface area contributed by atoms with E-state index in [1.54, 1.807) is 7.05 Å². The summed E-state index contributed by atoms with van der Waals surface area (Å²) in [5.41, 5.74) is 2.30. The van der Waals surface area contributed by atoms with E-state index >= 15 is 0 Å². The summed E-state index contributed by atoms with van der Waals surface area (Å²) in [7, 11) is 1.69. The fourth-order valence-corrected chi connectivity index (χ4v) is 3.55. The van der Waals surface area contributed by atoms with Crippen LogP contribution in [0.4, 0.5) is 0 Å². The Balaban J connectivity index is 1.57. The predicted octanol–water partition coefficient (Wildman–Crippen LogP) is 1.75. The lowest BCUT2D eigenvalue weighted by molar-refractivity contribution is -0.122. The van der Waals surface area contributed by atoms with Crippen LogP contribution in [0.15, 0.2) is 24.3 Å². The van der Waals surface area contributed by atoms with E-state index < -0.39 is 0 Å². The maximum atomic E-state index is 11.5. The van der Waals surface area contributed by atoms with Crippen molar-refractivity contribution < 1.29 is 4.79 Å². The van der Waals surface area contributed by atoms with Gasteiger partial charge in [0.25, 0.3) is 0 Å². The van der Waals surface area contributed by atoms with Crippen LogP contribution in [0.25, 0.3) is 11.0 Å². The highest BCUT2D eigenvalue weighted by atomic mass is 16.1. The van der Waals surface area contributed by atoms with Crippen LogP contribution < -0.4 is 10.6 Å². The molecule has 1 saturated heterocycles. The Kier molecular flexibility index (Phi) is 6.04. The smallest absolute Gasteiger partial charge is 0.233 e. The van der Waals surface area contributed by atoms with E-state index in [9.17, 15) is 4.79 Å². The van der Waals surface area contributed by atoms with Gasteiger partial charge in [-0.05, 0) is 31.4 Å². The average Bonchev–Trinajstić information content (AvgIpc) is 2.99. The number of amides is 1. The molecular weight excluding hydrogens is 314 g/mol. The molecule has 6 heteroatoms. The molecule has 25 heavy (non-hydrogen) atoms. The third kappa shape index (κ3) is 4.38. The van der Waals surface area contributed by atoms with Crippen molar-refractivity contribution in [3.63, 3.8) is 0 Å².